The molecule has 1 unspecified atom stereocenters. The predicted octanol–water partition coefficient (Wildman–Crippen LogP) is 3.18. The molecule has 1 aliphatic carbocycles. The first-order chi connectivity index (χ1) is 11.6. The number of nitrogens with zero attached hydrogens (tertiary/aromatic N) is 4. The molecule has 2 aromatic heterocycles. The van der Waals surface area contributed by atoms with Crippen LogP contribution in [0.5, 0.6) is 0 Å². The van der Waals surface area contributed by atoms with Gasteiger partial charge in [-0.05, 0) is 31.3 Å². The molecule has 0 radical (unpaired) electrons. The van der Waals surface area contributed by atoms with Gasteiger partial charge in [0.15, 0.2) is 5.82 Å². The van der Waals surface area contributed by atoms with Gasteiger partial charge >= 0.3 is 6.03 Å². The van der Waals surface area contributed by atoms with Gasteiger partial charge in [-0.25, -0.2) is 4.79 Å². The summed E-state index contributed by atoms with van der Waals surface area (Å²) in [6.45, 7) is 1.90. The Balaban J connectivity index is 1.45. The molecule has 1 saturated carbocycles. The van der Waals surface area contributed by atoms with E-state index in [-0.39, 0.29) is 12.1 Å². The Kier molecular flexibility index (Phi) is 4.19. The summed E-state index contributed by atoms with van der Waals surface area (Å²) in [6.07, 6.45) is 2.27. The molecule has 1 saturated heterocycles. The molecule has 1 atom stereocenters. The molecule has 1 aliphatic heterocycles. The Morgan fingerprint density at radius 3 is 3.00 bits per heavy atom. The molecule has 2 aliphatic rings. The van der Waals surface area contributed by atoms with E-state index in [0.717, 1.165) is 25.2 Å². The maximum atomic E-state index is 12.5. The van der Waals surface area contributed by atoms with E-state index in [2.05, 4.69) is 20.4 Å². The zero-order valence-electron chi connectivity index (χ0n) is 13.2. The summed E-state index contributed by atoms with van der Waals surface area (Å²) in [5.41, 5.74) is 0.649. The minimum atomic E-state index is -0.157. The van der Waals surface area contributed by atoms with Crippen LogP contribution in [0.3, 0.4) is 0 Å². The lowest BCUT2D eigenvalue weighted by Gasteiger charge is -2.37. The van der Waals surface area contributed by atoms with Gasteiger partial charge in [-0.1, -0.05) is 16.8 Å². The molecule has 2 amide bonds. The zero-order valence-corrected chi connectivity index (χ0v) is 14.8. The minimum absolute atomic E-state index is 0.0811. The number of thiophene rings is 1. The third-order valence-corrected chi connectivity index (χ3v) is 5.65. The summed E-state index contributed by atoms with van der Waals surface area (Å²) < 4.78 is 6.03. The van der Waals surface area contributed by atoms with Crippen molar-refractivity contribution >= 4 is 34.7 Å². The molecule has 0 spiro atoms. The van der Waals surface area contributed by atoms with E-state index in [4.69, 9.17) is 16.1 Å². The highest BCUT2D eigenvalue weighted by Gasteiger charge is 2.35. The number of amides is 2. The minimum Gasteiger partial charge on any atom is -0.338 e. The van der Waals surface area contributed by atoms with Crippen molar-refractivity contribution in [3.05, 3.63) is 27.5 Å². The van der Waals surface area contributed by atoms with E-state index >= 15 is 0 Å². The van der Waals surface area contributed by atoms with Crippen molar-refractivity contribution in [2.75, 3.05) is 32.0 Å². The van der Waals surface area contributed by atoms with Crippen LogP contribution in [-0.4, -0.2) is 52.7 Å². The molecule has 0 aromatic carbocycles. The molecule has 2 fully saturated rings. The highest BCUT2D eigenvalue weighted by Crippen LogP contribution is 2.39. The van der Waals surface area contributed by atoms with Gasteiger partial charge in [-0.2, -0.15) is 4.98 Å². The first-order valence-electron chi connectivity index (χ1n) is 7.94. The smallest absolute Gasteiger partial charge is 0.322 e. The van der Waals surface area contributed by atoms with E-state index in [1.807, 2.05) is 12.4 Å². The fourth-order valence-corrected chi connectivity index (χ4v) is 3.62. The maximum Gasteiger partial charge on any atom is 0.322 e. The average Bonchev–Trinajstić information content (AvgIpc) is 3.18. The molecule has 3 heterocycles. The molecular weight excluding hydrogens is 350 g/mol. The number of piperazine rings is 1. The first kappa shape index (κ1) is 15.9. The largest absolute Gasteiger partial charge is 0.338 e. The first-order valence-corrected chi connectivity index (χ1v) is 9.20. The van der Waals surface area contributed by atoms with Gasteiger partial charge < -0.3 is 14.7 Å². The average molecular weight is 368 g/mol. The second kappa shape index (κ2) is 6.34. The van der Waals surface area contributed by atoms with Gasteiger partial charge in [0.25, 0.3) is 0 Å². The van der Waals surface area contributed by atoms with Crippen molar-refractivity contribution in [1.82, 2.24) is 19.9 Å². The van der Waals surface area contributed by atoms with Crippen LogP contribution in [-0.2, 0) is 0 Å². The lowest BCUT2D eigenvalue weighted by molar-refractivity contribution is 0.0960. The number of carbonyl (C=O) groups excluding carboxylic acids is 1. The van der Waals surface area contributed by atoms with Gasteiger partial charge in [0.2, 0.25) is 5.89 Å². The van der Waals surface area contributed by atoms with Gasteiger partial charge in [0, 0.05) is 25.6 Å². The molecular formula is C15H18ClN5O2S. The monoisotopic (exact) mass is 367 g/mol. The quantitative estimate of drug-likeness (QED) is 0.901. The predicted molar refractivity (Wildman–Crippen MR) is 91.6 cm³/mol. The van der Waals surface area contributed by atoms with Gasteiger partial charge in [-0.3, -0.25) is 4.90 Å². The second-order valence-corrected chi connectivity index (χ2v) is 7.76. The van der Waals surface area contributed by atoms with Crippen LogP contribution < -0.4 is 5.32 Å². The Morgan fingerprint density at radius 1 is 1.46 bits per heavy atom. The van der Waals surface area contributed by atoms with Crippen molar-refractivity contribution in [1.29, 1.82) is 0 Å². The molecule has 4 rings (SSSR count). The van der Waals surface area contributed by atoms with E-state index < -0.39 is 0 Å². The van der Waals surface area contributed by atoms with E-state index in [9.17, 15) is 4.79 Å². The van der Waals surface area contributed by atoms with Gasteiger partial charge in [-0.15, -0.1) is 11.3 Å². The number of urea groups is 1. The van der Waals surface area contributed by atoms with Crippen molar-refractivity contribution in [2.24, 2.45) is 0 Å². The SMILES string of the molecule is CN1CCN(C(=O)Nc2ccsc2Cl)CC1c1nc(C2CC2)no1. The molecule has 128 valence electrons. The third kappa shape index (κ3) is 3.13. The highest BCUT2D eigenvalue weighted by molar-refractivity contribution is 7.15. The lowest BCUT2D eigenvalue weighted by Crippen LogP contribution is -2.50. The number of hydrogen-bond donors (Lipinski definition) is 1. The molecule has 1 N–H and O–H groups in total. The van der Waals surface area contributed by atoms with Crippen LogP contribution >= 0.6 is 22.9 Å². The fraction of sp³-hybridized carbons (Fsp3) is 0.533. The van der Waals surface area contributed by atoms with Crippen molar-refractivity contribution in [2.45, 2.75) is 24.8 Å². The van der Waals surface area contributed by atoms with Gasteiger partial charge in [0.05, 0.1) is 5.69 Å². The Morgan fingerprint density at radius 2 is 2.29 bits per heavy atom. The number of aromatic nitrogens is 2. The van der Waals surface area contributed by atoms with E-state index in [1.54, 1.807) is 11.0 Å². The van der Waals surface area contributed by atoms with Crippen LogP contribution in [0.1, 0.15) is 36.5 Å². The van der Waals surface area contributed by atoms with Crippen LogP contribution in [0.4, 0.5) is 10.5 Å². The topological polar surface area (TPSA) is 74.5 Å². The molecule has 9 heteroatoms. The fourth-order valence-electron chi connectivity index (χ4n) is 2.79. The van der Waals surface area contributed by atoms with E-state index in [1.165, 1.54) is 11.3 Å². The standard InChI is InChI=1S/C15H18ClN5O2S/c1-20-5-6-21(15(22)17-10-4-7-24-12(10)16)8-11(20)14-18-13(19-23-14)9-2-3-9/h4,7,9,11H,2-3,5-6,8H2,1H3,(H,17,22). The van der Waals surface area contributed by atoms with E-state index in [0.29, 0.717) is 34.9 Å². The van der Waals surface area contributed by atoms with Crippen molar-refractivity contribution < 1.29 is 9.32 Å². The molecule has 7 nitrogen and oxygen atoms in total. The van der Waals surface area contributed by atoms with Gasteiger partial charge in [0.1, 0.15) is 10.4 Å². The number of hydrogen-bond acceptors (Lipinski definition) is 6. The Labute approximate surface area is 148 Å². The summed E-state index contributed by atoms with van der Waals surface area (Å²) in [4.78, 5) is 20.9. The maximum absolute atomic E-state index is 12.5. The van der Waals surface area contributed by atoms with Crippen LogP contribution in [0.25, 0.3) is 0 Å². The lowest BCUT2D eigenvalue weighted by atomic mass is 10.2. The Hall–Kier alpha value is -1.64. The number of rotatable bonds is 3. The number of nitrogens with one attached hydrogen (secondary N) is 1. The number of likely N-dealkylation sites (N-methyl/N-ethyl adjacent to an activating group) is 1. The highest BCUT2D eigenvalue weighted by atomic mass is 35.5. The molecule has 0 bridgehead atoms. The second-order valence-electron chi connectivity index (χ2n) is 6.25. The van der Waals surface area contributed by atoms with Crippen molar-refractivity contribution in [3.63, 3.8) is 0 Å². The summed E-state index contributed by atoms with van der Waals surface area (Å²) >= 11 is 7.45. The number of carbonyl (C=O) groups is 1. The molecule has 2 aromatic rings. The van der Waals surface area contributed by atoms with Crippen LogP contribution in [0.2, 0.25) is 4.34 Å². The summed E-state index contributed by atoms with van der Waals surface area (Å²) in [6, 6.07) is 1.57. The Bertz CT molecular complexity index is 744. The third-order valence-electron chi connectivity index (χ3n) is 4.48. The zero-order chi connectivity index (χ0) is 16.7. The molecule has 24 heavy (non-hydrogen) atoms. The van der Waals surface area contributed by atoms with Crippen molar-refractivity contribution in [3.8, 4) is 0 Å². The van der Waals surface area contributed by atoms with Crippen LogP contribution in [0.15, 0.2) is 16.0 Å². The summed E-state index contributed by atoms with van der Waals surface area (Å²) in [5, 5.41) is 8.79. The summed E-state index contributed by atoms with van der Waals surface area (Å²) in [7, 11) is 2.01. The summed E-state index contributed by atoms with van der Waals surface area (Å²) in [5.74, 6) is 1.84. The number of anilines is 1. The number of halogens is 1. The van der Waals surface area contributed by atoms with Crippen LogP contribution in [0, 0.1) is 0 Å². The normalized spacial score (nSPS) is 21.9.